The van der Waals surface area contributed by atoms with Gasteiger partial charge in [0.25, 0.3) is 5.69 Å². The molecule has 0 aromatic heterocycles. The summed E-state index contributed by atoms with van der Waals surface area (Å²) < 4.78 is 11.2. The Morgan fingerprint density at radius 2 is 1.44 bits per heavy atom. The van der Waals surface area contributed by atoms with Crippen molar-refractivity contribution in [3.63, 3.8) is 0 Å². The van der Waals surface area contributed by atoms with Gasteiger partial charge in [0.1, 0.15) is 11.5 Å². The maximum Gasteiger partial charge on any atom is 0.311 e. The van der Waals surface area contributed by atoms with Gasteiger partial charge in [0.2, 0.25) is 5.91 Å². The smallest absolute Gasteiger partial charge is 0.311 e. The zero-order valence-electron chi connectivity index (χ0n) is 23.8. The number of amides is 1. The molecule has 0 saturated carbocycles. The summed E-state index contributed by atoms with van der Waals surface area (Å²) in [5.74, 6) is -0.796. The topological polar surface area (TPSA) is 116 Å². The molecule has 1 atom stereocenters. The van der Waals surface area contributed by atoms with Crippen LogP contribution in [0.3, 0.4) is 0 Å². The number of non-ortho nitro benzene ring substituents is 1. The Bertz CT molecular complexity index is 1630. The first-order valence-electron chi connectivity index (χ1n) is 13.8. The summed E-state index contributed by atoms with van der Waals surface area (Å²) in [5, 5.41) is 10.8. The van der Waals surface area contributed by atoms with Gasteiger partial charge in [-0.15, -0.1) is 0 Å². The highest BCUT2D eigenvalue weighted by atomic mass is 16.6. The first kappa shape index (κ1) is 29.2. The largest absolute Gasteiger partial charge is 0.457 e. The van der Waals surface area contributed by atoms with E-state index in [2.05, 4.69) is 38.1 Å². The maximum absolute atomic E-state index is 12.7. The van der Waals surface area contributed by atoms with Crippen LogP contribution >= 0.6 is 0 Å². The molecule has 9 nitrogen and oxygen atoms in total. The van der Waals surface area contributed by atoms with E-state index in [1.165, 1.54) is 34.7 Å². The zero-order valence-corrected chi connectivity index (χ0v) is 23.8. The average molecular weight is 579 g/mol. The van der Waals surface area contributed by atoms with Crippen LogP contribution in [-0.4, -0.2) is 35.7 Å². The quantitative estimate of drug-likeness (QED) is 0.0914. The van der Waals surface area contributed by atoms with Gasteiger partial charge < -0.3 is 14.4 Å². The number of hydrogen-bond donors (Lipinski definition) is 0. The van der Waals surface area contributed by atoms with Gasteiger partial charge in [-0.05, 0) is 59.7 Å². The Hall–Kier alpha value is -5.31. The summed E-state index contributed by atoms with van der Waals surface area (Å²) >= 11 is 0. The van der Waals surface area contributed by atoms with Crippen LogP contribution < -0.4 is 9.64 Å². The van der Waals surface area contributed by atoms with Gasteiger partial charge >= 0.3 is 5.97 Å². The molecule has 4 aromatic rings. The second-order valence-electron chi connectivity index (χ2n) is 10.9. The Kier molecular flexibility index (Phi) is 8.34. The predicted molar refractivity (Wildman–Crippen MR) is 160 cm³/mol. The monoisotopic (exact) mass is 578 g/mol. The van der Waals surface area contributed by atoms with Gasteiger partial charge in [-0.1, -0.05) is 56.3 Å². The van der Waals surface area contributed by atoms with Crippen molar-refractivity contribution in [2.75, 3.05) is 18.1 Å². The van der Waals surface area contributed by atoms with E-state index in [0.717, 1.165) is 5.56 Å². The summed E-state index contributed by atoms with van der Waals surface area (Å²) in [4.78, 5) is 49.4. The van der Waals surface area contributed by atoms with Gasteiger partial charge in [0.05, 0.1) is 10.8 Å². The minimum Gasteiger partial charge on any atom is -0.457 e. The maximum atomic E-state index is 12.7. The molecule has 4 aromatic carbocycles. The number of nitro benzene ring substituents is 1. The molecule has 1 aliphatic heterocycles. The molecule has 0 aliphatic carbocycles. The minimum atomic E-state index is -0.716. The van der Waals surface area contributed by atoms with Gasteiger partial charge in [-0.25, -0.2) is 0 Å². The third-order valence-corrected chi connectivity index (χ3v) is 7.66. The standard InChI is InChI=1S/C34H30N2O7/c1-34(2,25-6-4-3-5-7-25)26-10-16-29(17-11-26)43-30-18-14-27(15-19-30)35-21-24(20-32(35)38)33(39)42-22-31(37)23-8-12-28(13-9-23)36(40)41/h3-19,24H,20-22H2,1-2H3/t24-/m1/s1. The fraction of sp³-hybridized carbons (Fsp3) is 0.206. The van der Waals surface area contributed by atoms with Gasteiger partial charge in [0.15, 0.2) is 12.4 Å². The van der Waals surface area contributed by atoms with E-state index in [-0.39, 0.29) is 35.5 Å². The summed E-state index contributed by atoms with van der Waals surface area (Å²) in [7, 11) is 0. The van der Waals surface area contributed by atoms with Gasteiger partial charge in [-0.2, -0.15) is 0 Å². The fourth-order valence-electron chi connectivity index (χ4n) is 5.01. The van der Waals surface area contributed by atoms with Crippen molar-refractivity contribution >= 4 is 29.0 Å². The molecule has 9 heteroatoms. The number of anilines is 1. The molecule has 1 amide bonds. The Morgan fingerprint density at radius 3 is 2.05 bits per heavy atom. The molecule has 1 heterocycles. The number of carbonyl (C=O) groups is 3. The number of hydrogen-bond acceptors (Lipinski definition) is 7. The molecule has 0 N–H and O–H groups in total. The summed E-state index contributed by atoms with van der Waals surface area (Å²) in [6.45, 7) is 3.98. The lowest BCUT2D eigenvalue weighted by molar-refractivity contribution is -0.384. The molecule has 218 valence electrons. The average Bonchev–Trinajstić information content (AvgIpc) is 3.42. The highest BCUT2D eigenvalue weighted by Crippen LogP contribution is 2.34. The fourth-order valence-corrected chi connectivity index (χ4v) is 5.01. The number of ether oxygens (including phenoxy) is 2. The van der Waals surface area contributed by atoms with Crippen LogP contribution in [0, 0.1) is 16.0 Å². The minimum absolute atomic E-state index is 0.0332. The van der Waals surface area contributed by atoms with Crippen molar-refractivity contribution in [2.45, 2.75) is 25.7 Å². The third-order valence-electron chi connectivity index (χ3n) is 7.66. The van der Waals surface area contributed by atoms with Crippen molar-refractivity contribution < 1.29 is 28.8 Å². The van der Waals surface area contributed by atoms with Crippen LogP contribution in [-0.2, 0) is 19.7 Å². The number of benzene rings is 4. The highest BCUT2D eigenvalue weighted by Gasteiger charge is 2.36. The van der Waals surface area contributed by atoms with Gasteiger partial charge in [-0.3, -0.25) is 24.5 Å². The molecular formula is C34H30N2O7. The second kappa shape index (κ2) is 12.3. The van der Waals surface area contributed by atoms with Crippen LogP contribution in [0.5, 0.6) is 11.5 Å². The molecule has 0 bridgehead atoms. The highest BCUT2D eigenvalue weighted by molar-refractivity contribution is 6.01. The number of carbonyl (C=O) groups excluding carboxylic acids is 3. The first-order chi connectivity index (χ1) is 20.6. The van der Waals surface area contributed by atoms with E-state index in [9.17, 15) is 24.5 Å². The summed E-state index contributed by atoms with van der Waals surface area (Å²) in [6.07, 6.45) is -0.0332. The van der Waals surface area contributed by atoms with Crippen LogP contribution in [0.25, 0.3) is 0 Å². The number of Topliss-reactive ketones (excluding diaryl/α,β-unsaturated/α-hetero) is 1. The molecule has 0 radical (unpaired) electrons. The Morgan fingerprint density at radius 1 is 0.860 bits per heavy atom. The number of rotatable bonds is 10. The van der Waals surface area contributed by atoms with Crippen LogP contribution in [0.1, 0.15) is 41.8 Å². The summed E-state index contributed by atoms with van der Waals surface area (Å²) in [6, 6.07) is 30.4. The van der Waals surface area contributed by atoms with Crippen molar-refractivity contribution in [1.29, 1.82) is 0 Å². The number of ketones is 1. The van der Waals surface area contributed by atoms with Crippen molar-refractivity contribution in [2.24, 2.45) is 5.92 Å². The molecule has 0 unspecified atom stereocenters. The van der Waals surface area contributed by atoms with E-state index >= 15 is 0 Å². The lowest BCUT2D eigenvalue weighted by Gasteiger charge is -2.26. The van der Waals surface area contributed by atoms with E-state index in [1.807, 2.05) is 30.3 Å². The van der Waals surface area contributed by atoms with Crippen molar-refractivity contribution in [3.8, 4) is 11.5 Å². The second-order valence-corrected chi connectivity index (χ2v) is 10.9. The van der Waals surface area contributed by atoms with E-state index in [4.69, 9.17) is 9.47 Å². The van der Waals surface area contributed by atoms with E-state index in [0.29, 0.717) is 17.2 Å². The van der Waals surface area contributed by atoms with Crippen LogP contribution in [0.2, 0.25) is 0 Å². The number of nitrogens with zero attached hydrogens (tertiary/aromatic N) is 2. The predicted octanol–water partition coefficient (Wildman–Crippen LogP) is 6.49. The van der Waals surface area contributed by atoms with Crippen molar-refractivity contribution in [3.05, 3.63) is 130 Å². The van der Waals surface area contributed by atoms with Crippen LogP contribution in [0.4, 0.5) is 11.4 Å². The number of nitro groups is 1. The van der Waals surface area contributed by atoms with Crippen molar-refractivity contribution in [1.82, 2.24) is 0 Å². The van der Waals surface area contributed by atoms with E-state index in [1.54, 1.807) is 24.3 Å². The molecular weight excluding hydrogens is 548 g/mol. The number of esters is 1. The first-order valence-corrected chi connectivity index (χ1v) is 13.8. The normalized spacial score (nSPS) is 14.8. The molecule has 1 saturated heterocycles. The zero-order chi connectivity index (χ0) is 30.6. The van der Waals surface area contributed by atoms with E-state index < -0.39 is 29.2 Å². The molecule has 1 aliphatic rings. The Labute approximate surface area is 248 Å². The lowest BCUT2D eigenvalue weighted by Crippen LogP contribution is -2.27. The molecule has 5 rings (SSSR count). The SMILES string of the molecule is CC(C)(c1ccccc1)c1ccc(Oc2ccc(N3C[C@H](C(=O)OCC(=O)c4ccc([N+](=O)[O-])cc4)CC3=O)cc2)cc1. The molecule has 43 heavy (non-hydrogen) atoms. The van der Waals surface area contributed by atoms with Gasteiger partial charge in [0, 0.05) is 41.8 Å². The lowest BCUT2D eigenvalue weighted by atomic mass is 9.78. The molecule has 1 fully saturated rings. The van der Waals surface area contributed by atoms with Crippen LogP contribution in [0.15, 0.2) is 103 Å². The third kappa shape index (κ3) is 6.62. The summed E-state index contributed by atoms with van der Waals surface area (Å²) in [5.41, 5.74) is 2.90. The Balaban J connectivity index is 1.15. The molecule has 0 spiro atoms.